The molecule has 0 atom stereocenters. The first-order valence-electron chi connectivity index (χ1n) is 8.35. The van der Waals surface area contributed by atoms with Crippen LogP contribution in [0.15, 0.2) is 48.5 Å². The van der Waals surface area contributed by atoms with Crippen LogP contribution in [0.25, 0.3) is 0 Å². The number of benzene rings is 2. The zero-order chi connectivity index (χ0) is 17.6. The van der Waals surface area contributed by atoms with E-state index in [0.29, 0.717) is 10.7 Å². The number of halogens is 1. The van der Waals surface area contributed by atoms with Gasteiger partial charge < -0.3 is 10.2 Å². The van der Waals surface area contributed by atoms with E-state index in [-0.39, 0.29) is 5.91 Å². The van der Waals surface area contributed by atoms with Crippen molar-refractivity contribution in [2.45, 2.75) is 19.3 Å². The van der Waals surface area contributed by atoms with Crippen molar-refractivity contribution in [3.05, 3.63) is 57.7 Å². The van der Waals surface area contributed by atoms with E-state index < -0.39 is 0 Å². The summed E-state index contributed by atoms with van der Waals surface area (Å²) in [6, 6.07) is 15.5. The number of nitrogens with zero attached hydrogens (tertiary/aromatic N) is 1. The monoisotopic (exact) mass is 465 g/mol. The lowest BCUT2D eigenvalue weighted by molar-refractivity contribution is 0.0977. The summed E-state index contributed by atoms with van der Waals surface area (Å²) in [5.74, 6) is -0.202. The average Bonchev–Trinajstić information content (AvgIpc) is 2.63. The Labute approximate surface area is 167 Å². The highest BCUT2D eigenvalue weighted by molar-refractivity contribution is 14.1. The summed E-state index contributed by atoms with van der Waals surface area (Å²) in [4.78, 5) is 14.7. The standard InChI is InChI=1S/C19H20IN3OS/c20-15-8-6-7-14(13-15)18(24)22-19(25)21-16-9-2-3-10-17(16)23-11-4-1-5-12-23/h2-3,6-10,13H,1,4-5,11-12H2,(H2,21,22,24,25). The second kappa shape index (κ2) is 8.62. The Morgan fingerprint density at radius 3 is 2.56 bits per heavy atom. The molecule has 0 bridgehead atoms. The fourth-order valence-corrected chi connectivity index (χ4v) is 3.69. The summed E-state index contributed by atoms with van der Waals surface area (Å²) in [5, 5.41) is 6.25. The molecule has 0 aliphatic carbocycles. The van der Waals surface area contributed by atoms with Gasteiger partial charge in [0.25, 0.3) is 5.91 Å². The fraction of sp³-hybridized carbons (Fsp3) is 0.263. The van der Waals surface area contributed by atoms with Gasteiger partial charge in [0.1, 0.15) is 0 Å². The van der Waals surface area contributed by atoms with Gasteiger partial charge in [-0.3, -0.25) is 10.1 Å². The Morgan fingerprint density at radius 1 is 1.04 bits per heavy atom. The molecule has 0 spiro atoms. The van der Waals surface area contributed by atoms with Crippen LogP contribution in [0, 0.1) is 3.57 Å². The van der Waals surface area contributed by atoms with Gasteiger partial charge >= 0.3 is 0 Å². The Hall–Kier alpha value is -1.67. The summed E-state index contributed by atoms with van der Waals surface area (Å²) in [5.41, 5.74) is 2.66. The van der Waals surface area contributed by atoms with Crippen molar-refractivity contribution in [3.8, 4) is 0 Å². The second-order valence-corrected chi connectivity index (χ2v) is 7.64. The van der Waals surface area contributed by atoms with E-state index in [4.69, 9.17) is 12.2 Å². The molecule has 3 rings (SSSR count). The SMILES string of the molecule is O=C(NC(=S)Nc1ccccc1N1CCCCC1)c1cccc(I)c1. The van der Waals surface area contributed by atoms with Crippen LogP contribution >= 0.6 is 34.8 Å². The predicted octanol–water partition coefficient (Wildman–Crippen LogP) is 4.41. The van der Waals surface area contributed by atoms with Crippen LogP contribution in [0.1, 0.15) is 29.6 Å². The fourth-order valence-electron chi connectivity index (χ4n) is 2.95. The maximum atomic E-state index is 12.3. The number of amides is 1. The van der Waals surface area contributed by atoms with Gasteiger partial charge in [-0.15, -0.1) is 0 Å². The number of piperidine rings is 1. The lowest BCUT2D eigenvalue weighted by Gasteiger charge is -2.30. The molecule has 1 amide bonds. The molecule has 1 aliphatic rings. The maximum Gasteiger partial charge on any atom is 0.257 e. The number of hydrogen-bond acceptors (Lipinski definition) is 3. The average molecular weight is 465 g/mol. The van der Waals surface area contributed by atoms with E-state index in [1.165, 1.54) is 19.3 Å². The molecule has 0 unspecified atom stereocenters. The first kappa shape index (κ1) is 18.1. The van der Waals surface area contributed by atoms with E-state index in [1.54, 1.807) is 6.07 Å². The molecular weight excluding hydrogens is 445 g/mol. The summed E-state index contributed by atoms with van der Waals surface area (Å²) < 4.78 is 1.01. The molecule has 0 saturated carbocycles. The molecule has 2 aromatic carbocycles. The minimum atomic E-state index is -0.202. The van der Waals surface area contributed by atoms with E-state index in [9.17, 15) is 4.79 Å². The largest absolute Gasteiger partial charge is 0.370 e. The molecule has 130 valence electrons. The summed E-state index contributed by atoms with van der Waals surface area (Å²) in [7, 11) is 0. The third-order valence-corrected chi connectivity index (χ3v) is 5.04. The first-order chi connectivity index (χ1) is 12.1. The molecule has 1 fully saturated rings. The number of rotatable bonds is 3. The van der Waals surface area contributed by atoms with Crippen LogP contribution in [-0.4, -0.2) is 24.1 Å². The number of hydrogen-bond donors (Lipinski definition) is 2. The Balaban J connectivity index is 1.68. The number of anilines is 2. The van der Waals surface area contributed by atoms with Gasteiger partial charge in [-0.1, -0.05) is 18.2 Å². The predicted molar refractivity (Wildman–Crippen MR) is 115 cm³/mol. The van der Waals surface area contributed by atoms with E-state index in [0.717, 1.165) is 28.0 Å². The number of carbonyl (C=O) groups excluding carboxylic acids is 1. The second-order valence-electron chi connectivity index (χ2n) is 5.98. The van der Waals surface area contributed by atoms with Gasteiger partial charge in [-0.25, -0.2) is 0 Å². The number of carbonyl (C=O) groups is 1. The van der Waals surface area contributed by atoms with Crippen molar-refractivity contribution in [1.29, 1.82) is 0 Å². The van der Waals surface area contributed by atoms with Crippen LogP contribution < -0.4 is 15.5 Å². The highest BCUT2D eigenvalue weighted by atomic mass is 127. The molecule has 25 heavy (non-hydrogen) atoms. The summed E-state index contributed by atoms with van der Waals surface area (Å²) in [6.07, 6.45) is 3.71. The quantitative estimate of drug-likeness (QED) is 0.521. The minimum absolute atomic E-state index is 0.202. The van der Waals surface area contributed by atoms with Crippen LogP contribution in [0.5, 0.6) is 0 Å². The number of thiocarbonyl (C=S) groups is 1. The highest BCUT2D eigenvalue weighted by Crippen LogP contribution is 2.28. The molecule has 1 heterocycles. The van der Waals surface area contributed by atoms with Crippen molar-refractivity contribution < 1.29 is 4.79 Å². The molecule has 2 N–H and O–H groups in total. The van der Waals surface area contributed by atoms with E-state index >= 15 is 0 Å². The van der Waals surface area contributed by atoms with Gasteiger partial charge in [0.05, 0.1) is 11.4 Å². The van der Waals surface area contributed by atoms with Crippen molar-refractivity contribution >= 4 is 57.2 Å². The zero-order valence-electron chi connectivity index (χ0n) is 13.8. The van der Waals surface area contributed by atoms with Crippen LogP contribution in [0.3, 0.4) is 0 Å². The van der Waals surface area contributed by atoms with Crippen molar-refractivity contribution in [2.75, 3.05) is 23.3 Å². The van der Waals surface area contributed by atoms with Crippen LogP contribution in [-0.2, 0) is 0 Å². The first-order valence-corrected chi connectivity index (χ1v) is 9.84. The minimum Gasteiger partial charge on any atom is -0.370 e. The van der Waals surface area contributed by atoms with Gasteiger partial charge in [0, 0.05) is 22.2 Å². The Kier molecular flexibility index (Phi) is 6.25. The molecule has 0 aromatic heterocycles. The van der Waals surface area contributed by atoms with Crippen molar-refractivity contribution in [2.24, 2.45) is 0 Å². The van der Waals surface area contributed by atoms with Gasteiger partial charge in [-0.2, -0.15) is 0 Å². The highest BCUT2D eigenvalue weighted by Gasteiger charge is 2.15. The van der Waals surface area contributed by atoms with Crippen LogP contribution in [0.2, 0.25) is 0 Å². The van der Waals surface area contributed by atoms with Gasteiger partial charge in [0.2, 0.25) is 0 Å². The van der Waals surface area contributed by atoms with Gasteiger partial charge in [-0.05, 0) is 84.4 Å². The topological polar surface area (TPSA) is 44.4 Å². The Bertz CT molecular complexity index is 775. The van der Waals surface area contributed by atoms with E-state index in [1.807, 2.05) is 36.4 Å². The Morgan fingerprint density at radius 2 is 1.80 bits per heavy atom. The lowest BCUT2D eigenvalue weighted by Crippen LogP contribution is -2.35. The lowest BCUT2D eigenvalue weighted by atomic mass is 10.1. The molecule has 6 heteroatoms. The summed E-state index contributed by atoms with van der Waals surface area (Å²) in [6.45, 7) is 2.11. The molecule has 0 radical (unpaired) electrons. The molecule has 4 nitrogen and oxygen atoms in total. The molecule has 1 saturated heterocycles. The van der Waals surface area contributed by atoms with Crippen molar-refractivity contribution in [3.63, 3.8) is 0 Å². The van der Waals surface area contributed by atoms with Gasteiger partial charge in [0.15, 0.2) is 5.11 Å². The zero-order valence-corrected chi connectivity index (χ0v) is 16.8. The van der Waals surface area contributed by atoms with Crippen LogP contribution in [0.4, 0.5) is 11.4 Å². The number of nitrogens with one attached hydrogen (secondary N) is 2. The molecule has 1 aliphatic heterocycles. The normalized spacial score (nSPS) is 14.0. The van der Waals surface area contributed by atoms with Crippen molar-refractivity contribution in [1.82, 2.24) is 5.32 Å². The smallest absolute Gasteiger partial charge is 0.257 e. The number of para-hydroxylation sites is 2. The molecular formula is C19H20IN3OS. The summed E-state index contributed by atoms with van der Waals surface area (Å²) >= 11 is 7.53. The maximum absolute atomic E-state index is 12.3. The van der Waals surface area contributed by atoms with E-state index in [2.05, 4.69) is 44.2 Å². The third-order valence-electron chi connectivity index (χ3n) is 4.16. The third kappa shape index (κ3) is 4.92. The molecule has 2 aromatic rings.